The van der Waals surface area contributed by atoms with Crippen molar-refractivity contribution in [2.45, 2.75) is 19.5 Å². The first-order valence-corrected chi connectivity index (χ1v) is 9.86. The van der Waals surface area contributed by atoms with Crippen molar-refractivity contribution in [1.82, 2.24) is 14.9 Å². The molecule has 1 amide bonds. The quantitative estimate of drug-likeness (QED) is 0.535. The number of ether oxygens (including phenoxy) is 1. The first-order valence-electron chi connectivity index (χ1n) is 9.86. The molecule has 4 aromatic rings. The van der Waals surface area contributed by atoms with E-state index < -0.39 is 6.04 Å². The zero-order valence-electron chi connectivity index (χ0n) is 17.0. The van der Waals surface area contributed by atoms with Gasteiger partial charge in [-0.25, -0.2) is 4.98 Å². The van der Waals surface area contributed by atoms with Gasteiger partial charge in [-0.15, -0.1) is 0 Å². The Kier molecular flexibility index (Phi) is 5.59. The van der Waals surface area contributed by atoms with Crippen molar-refractivity contribution in [2.75, 3.05) is 13.7 Å². The van der Waals surface area contributed by atoms with Crippen molar-refractivity contribution in [1.29, 1.82) is 0 Å². The Morgan fingerprint density at radius 3 is 2.60 bits per heavy atom. The van der Waals surface area contributed by atoms with Crippen molar-refractivity contribution in [3.05, 3.63) is 88.5 Å². The van der Waals surface area contributed by atoms with E-state index in [0.29, 0.717) is 35.4 Å². The third-order valence-corrected chi connectivity index (χ3v) is 5.16. The van der Waals surface area contributed by atoms with Crippen LogP contribution in [0.1, 0.15) is 29.1 Å². The van der Waals surface area contributed by atoms with E-state index in [0.717, 1.165) is 10.8 Å². The molecule has 3 aromatic carbocycles. The molecule has 1 N–H and O–H groups in total. The second-order valence-electron chi connectivity index (χ2n) is 7.19. The highest BCUT2D eigenvalue weighted by molar-refractivity contribution is 5.98. The van der Waals surface area contributed by atoms with Gasteiger partial charge >= 0.3 is 0 Å². The van der Waals surface area contributed by atoms with E-state index in [1.54, 1.807) is 29.9 Å². The third-order valence-electron chi connectivity index (χ3n) is 5.16. The SMILES string of the molecule is COCCn1c(C(C)NC(=O)c2ccc3ccccc3c2)nc2ccccc2c1=O. The number of aromatic nitrogens is 2. The summed E-state index contributed by atoms with van der Waals surface area (Å²) < 4.78 is 6.74. The molecule has 0 aliphatic heterocycles. The van der Waals surface area contributed by atoms with Gasteiger partial charge in [0, 0.05) is 12.7 Å². The number of benzene rings is 3. The first-order chi connectivity index (χ1) is 14.6. The molecule has 4 rings (SSSR count). The van der Waals surface area contributed by atoms with E-state index >= 15 is 0 Å². The number of amides is 1. The molecule has 0 aliphatic carbocycles. The van der Waals surface area contributed by atoms with Gasteiger partial charge in [-0.2, -0.15) is 0 Å². The largest absolute Gasteiger partial charge is 0.383 e. The zero-order valence-corrected chi connectivity index (χ0v) is 17.0. The Balaban J connectivity index is 1.68. The summed E-state index contributed by atoms with van der Waals surface area (Å²) in [6.45, 7) is 2.57. The van der Waals surface area contributed by atoms with Gasteiger partial charge in [0.15, 0.2) is 0 Å². The molecule has 30 heavy (non-hydrogen) atoms. The maximum atomic E-state index is 13.0. The van der Waals surface area contributed by atoms with Crippen LogP contribution in [0.3, 0.4) is 0 Å². The van der Waals surface area contributed by atoms with Crippen LogP contribution in [-0.4, -0.2) is 29.2 Å². The summed E-state index contributed by atoms with van der Waals surface area (Å²) in [5.41, 5.74) is 1.03. The number of hydrogen-bond acceptors (Lipinski definition) is 4. The molecule has 0 saturated carbocycles. The number of nitrogens with zero attached hydrogens (tertiary/aromatic N) is 2. The Morgan fingerprint density at radius 2 is 1.80 bits per heavy atom. The Labute approximate surface area is 174 Å². The second-order valence-corrected chi connectivity index (χ2v) is 7.19. The summed E-state index contributed by atoms with van der Waals surface area (Å²) in [5.74, 6) is 0.291. The average molecular weight is 401 g/mol. The maximum Gasteiger partial charge on any atom is 0.261 e. The van der Waals surface area contributed by atoms with Gasteiger partial charge < -0.3 is 10.1 Å². The fourth-order valence-corrected chi connectivity index (χ4v) is 3.59. The van der Waals surface area contributed by atoms with Crippen LogP contribution >= 0.6 is 0 Å². The normalized spacial score (nSPS) is 12.2. The van der Waals surface area contributed by atoms with Crippen LogP contribution in [0.2, 0.25) is 0 Å². The molecule has 6 heteroatoms. The van der Waals surface area contributed by atoms with Crippen molar-refractivity contribution >= 4 is 27.6 Å². The van der Waals surface area contributed by atoms with E-state index in [-0.39, 0.29) is 11.5 Å². The number of carbonyl (C=O) groups excluding carboxylic acids is 1. The number of hydrogen-bond donors (Lipinski definition) is 1. The molecule has 1 atom stereocenters. The summed E-state index contributed by atoms with van der Waals surface area (Å²) in [7, 11) is 1.59. The molecule has 152 valence electrons. The second kappa shape index (κ2) is 8.47. The minimum absolute atomic E-state index is 0.139. The van der Waals surface area contributed by atoms with Crippen molar-refractivity contribution in [3.8, 4) is 0 Å². The highest BCUT2D eigenvalue weighted by Crippen LogP contribution is 2.18. The Morgan fingerprint density at radius 1 is 1.07 bits per heavy atom. The molecule has 1 heterocycles. The van der Waals surface area contributed by atoms with E-state index in [2.05, 4.69) is 10.3 Å². The molecule has 1 aromatic heterocycles. The number of rotatable bonds is 6. The molecule has 0 fully saturated rings. The maximum absolute atomic E-state index is 13.0. The lowest BCUT2D eigenvalue weighted by Gasteiger charge is -2.19. The van der Waals surface area contributed by atoms with Crippen molar-refractivity contribution in [2.24, 2.45) is 0 Å². The summed E-state index contributed by atoms with van der Waals surface area (Å²) in [6, 6.07) is 20.3. The number of methoxy groups -OCH3 is 1. The van der Waals surface area contributed by atoms with Gasteiger partial charge in [0.05, 0.1) is 30.1 Å². The Bertz CT molecular complexity index is 1280. The van der Waals surface area contributed by atoms with Crippen LogP contribution in [0.25, 0.3) is 21.7 Å². The predicted molar refractivity (Wildman–Crippen MR) is 118 cm³/mol. The molecular weight excluding hydrogens is 378 g/mol. The van der Waals surface area contributed by atoms with E-state index in [1.807, 2.05) is 55.5 Å². The number of para-hydroxylation sites is 1. The third kappa shape index (κ3) is 3.82. The van der Waals surface area contributed by atoms with Crippen molar-refractivity contribution in [3.63, 3.8) is 0 Å². The number of nitrogens with one attached hydrogen (secondary N) is 1. The minimum atomic E-state index is -0.460. The number of carbonyl (C=O) groups is 1. The molecule has 6 nitrogen and oxygen atoms in total. The molecule has 1 unspecified atom stereocenters. The lowest BCUT2D eigenvalue weighted by Crippen LogP contribution is -2.34. The van der Waals surface area contributed by atoms with Gasteiger partial charge in [0.2, 0.25) is 0 Å². The summed E-state index contributed by atoms with van der Waals surface area (Å²) >= 11 is 0. The Hall–Kier alpha value is -3.51. The van der Waals surface area contributed by atoms with Gasteiger partial charge in [0.1, 0.15) is 5.82 Å². The lowest BCUT2D eigenvalue weighted by atomic mass is 10.1. The van der Waals surface area contributed by atoms with Crippen LogP contribution in [-0.2, 0) is 11.3 Å². The zero-order chi connectivity index (χ0) is 21.1. The topological polar surface area (TPSA) is 73.2 Å². The standard InChI is InChI=1S/C24H23N3O3/c1-16(25-23(28)19-12-11-17-7-3-4-8-18(17)15-19)22-26-21-10-6-5-9-20(21)24(29)27(22)13-14-30-2/h3-12,15-16H,13-14H2,1-2H3,(H,25,28). The highest BCUT2D eigenvalue weighted by Gasteiger charge is 2.19. The minimum Gasteiger partial charge on any atom is -0.383 e. The van der Waals surface area contributed by atoms with Crippen LogP contribution in [0.4, 0.5) is 0 Å². The summed E-state index contributed by atoms with van der Waals surface area (Å²) in [4.78, 5) is 30.6. The smallest absolute Gasteiger partial charge is 0.261 e. The van der Waals surface area contributed by atoms with E-state index in [4.69, 9.17) is 4.74 Å². The van der Waals surface area contributed by atoms with Gasteiger partial charge in [-0.05, 0) is 42.0 Å². The molecule has 0 bridgehead atoms. The van der Waals surface area contributed by atoms with Gasteiger partial charge in [-0.1, -0.05) is 42.5 Å². The van der Waals surface area contributed by atoms with Crippen LogP contribution in [0, 0.1) is 0 Å². The van der Waals surface area contributed by atoms with Crippen molar-refractivity contribution < 1.29 is 9.53 Å². The molecule has 0 radical (unpaired) electrons. The fourth-order valence-electron chi connectivity index (χ4n) is 3.59. The predicted octanol–water partition coefficient (Wildman–Crippen LogP) is 3.69. The van der Waals surface area contributed by atoms with Crippen LogP contribution < -0.4 is 10.9 Å². The average Bonchev–Trinajstić information content (AvgIpc) is 2.78. The van der Waals surface area contributed by atoms with Gasteiger partial charge in [0.25, 0.3) is 11.5 Å². The molecule has 0 spiro atoms. The van der Waals surface area contributed by atoms with Crippen LogP contribution in [0.15, 0.2) is 71.5 Å². The fraction of sp³-hybridized carbons (Fsp3) is 0.208. The van der Waals surface area contributed by atoms with Gasteiger partial charge in [-0.3, -0.25) is 14.2 Å². The van der Waals surface area contributed by atoms with E-state index in [9.17, 15) is 9.59 Å². The molecule has 0 saturated heterocycles. The summed E-state index contributed by atoms with van der Waals surface area (Å²) in [5, 5.41) is 5.60. The lowest BCUT2D eigenvalue weighted by molar-refractivity contribution is 0.0937. The molecular formula is C24H23N3O3. The first kappa shape index (κ1) is 19.8. The van der Waals surface area contributed by atoms with Crippen LogP contribution in [0.5, 0.6) is 0 Å². The van der Waals surface area contributed by atoms with E-state index in [1.165, 1.54) is 0 Å². The number of fused-ring (bicyclic) bond motifs is 2. The molecule has 0 aliphatic rings. The highest BCUT2D eigenvalue weighted by atomic mass is 16.5. The summed E-state index contributed by atoms with van der Waals surface area (Å²) in [6.07, 6.45) is 0. The monoisotopic (exact) mass is 401 g/mol.